The predicted octanol–water partition coefficient (Wildman–Crippen LogP) is 3.22. The number of β-amino-alcohol motifs (C(OH)–C–C–N with tert-alkyl or cyclic N) is 1. The molecule has 0 saturated carbocycles. The highest BCUT2D eigenvalue weighted by atomic mass is 35.5. The van der Waals surface area contributed by atoms with E-state index in [2.05, 4.69) is 30.1 Å². The van der Waals surface area contributed by atoms with Gasteiger partial charge >= 0.3 is 0 Å². The molecule has 1 fully saturated rings. The minimum Gasteiger partial charge on any atom is -0.494 e. The number of pyridine rings is 1. The fourth-order valence-corrected chi connectivity index (χ4v) is 4.19. The third-order valence-corrected chi connectivity index (χ3v) is 5.99. The quantitative estimate of drug-likeness (QED) is 0.400. The summed E-state index contributed by atoms with van der Waals surface area (Å²) in [6.07, 6.45) is 4.57. The highest BCUT2D eigenvalue weighted by Crippen LogP contribution is 2.32. The second-order valence-corrected chi connectivity index (χ2v) is 8.02. The topological polar surface area (TPSA) is 91.0 Å². The Morgan fingerprint density at radius 2 is 1.91 bits per heavy atom. The Bertz CT molecular complexity index is 1290. The molecule has 0 aliphatic carbocycles. The molecule has 35 heavy (non-hydrogen) atoms. The fourth-order valence-electron chi connectivity index (χ4n) is 4.19. The van der Waals surface area contributed by atoms with E-state index in [1.807, 2.05) is 42.6 Å². The van der Waals surface area contributed by atoms with Crippen molar-refractivity contribution in [3.8, 4) is 17.1 Å². The number of halogens is 2. The van der Waals surface area contributed by atoms with Gasteiger partial charge in [0.1, 0.15) is 17.1 Å². The molecule has 0 bridgehead atoms. The summed E-state index contributed by atoms with van der Waals surface area (Å²) in [5, 5.41) is 12.3. The number of imidazole rings is 1. The van der Waals surface area contributed by atoms with E-state index in [1.165, 1.54) is 0 Å². The van der Waals surface area contributed by atoms with Crippen LogP contribution in [-0.2, 0) is 0 Å². The number of piperazine rings is 1. The van der Waals surface area contributed by atoms with Gasteiger partial charge < -0.3 is 20.1 Å². The minimum absolute atomic E-state index is 0. The number of methoxy groups -OCH3 is 1. The average molecular weight is 500 g/mol. The molecule has 3 aromatic heterocycles. The van der Waals surface area contributed by atoms with Crippen LogP contribution < -0.4 is 15.0 Å². The summed E-state index contributed by atoms with van der Waals surface area (Å²) in [4.78, 5) is 17.4. The fraction of sp³-hybridized carbons (Fsp3) is 0.292. The van der Waals surface area contributed by atoms with E-state index in [0.29, 0.717) is 29.3 Å². The molecule has 0 unspecified atom stereocenters. The van der Waals surface area contributed by atoms with Gasteiger partial charge in [0.15, 0.2) is 5.82 Å². The summed E-state index contributed by atoms with van der Waals surface area (Å²) in [5.74, 6) is 0.365. The minimum atomic E-state index is -0.529. The number of ether oxygens (including phenoxy) is 1. The Balaban J connectivity index is 0.00000289. The number of aliphatic hydroxyl groups is 1. The van der Waals surface area contributed by atoms with Crippen molar-refractivity contribution in [2.75, 3.05) is 56.7 Å². The number of rotatable bonds is 7. The summed E-state index contributed by atoms with van der Waals surface area (Å²) in [6.45, 7) is 4.43. The molecule has 5 rings (SSSR count). The highest BCUT2D eigenvalue weighted by molar-refractivity contribution is 5.85. The molecule has 184 valence electrons. The normalized spacial score (nSPS) is 14.1. The zero-order valence-corrected chi connectivity index (χ0v) is 20.1. The van der Waals surface area contributed by atoms with Gasteiger partial charge in [0.25, 0.3) is 0 Å². The zero-order chi connectivity index (χ0) is 23.5. The number of benzene rings is 1. The van der Waals surface area contributed by atoms with Crippen LogP contribution >= 0.6 is 12.4 Å². The number of anilines is 3. The molecular weight excluding hydrogens is 473 g/mol. The van der Waals surface area contributed by atoms with Crippen LogP contribution in [0.25, 0.3) is 17.0 Å². The third-order valence-electron chi connectivity index (χ3n) is 5.99. The van der Waals surface area contributed by atoms with E-state index in [-0.39, 0.29) is 30.7 Å². The van der Waals surface area contributed by atoms with E-state index in [1.54, 1.807) is 17.7 Å². The molecule has 2 N–H and O–H groups in total. The Morgan fingerprint density at radius 3 is 2.69 bits per heavy atom. The van der Waals surface area contributed by atoms with Gasteiger partial charge in [0.05, 0.1) is 37.5 Å². The number of hydrogen-bond donors (Lipinski definition) is 2. The molecule has 0 spiro atoms. The first-order chi connectivity index (χ1) is 16.7. The highest BCUT2D eigenvalue weighted by Gasteiger charge is 2.19. The largest absolute Gasteiger partial charge is 0.494 e. The molecule has 1 aliphatic heterocycles. The van der Waals surface area contributed by atoms with E-state index in [4.69, 9.17) is 9.84 Å². The zero-order valence-electron chi connectivity index (χ0n) is 19.3. The Morgan fingerprint density at radius 1 is 1.09 bits per heavy atom. The lowest BCUT2D eigenvalue weighted by Crippen LogP contribution is -2.47. The molecule has 9 nitrogen and oxygen atoms in total. The molecule has 1 aromatic carbocycles. The lowest BCUT2D eigenvalue weighted by Gasteiger charge is -2.36. The number of nitrogens with zero attached hydrogens (tertiary/aromatic N) is 6. The third kappa shape index (κ3) is 5.14. The second-order valence-electron chi connectivity index (χ2n) is 8.02. The lowest BCUT2D eigenvalue weighted by molar-refractivity contribution is 0.189. The van der Waals surface area contributed by atoms with Gasteiger partial charge in [-0.05, 0) is 24.3 Å². The van der Waals surface area contributed by atoms with Crippen molar-refractivity contribution in [1.29, 1.82) is 0 Å². The Hall–Kier alpha value is -3.47. The molecule has 4 aromatic rings. The van der Waals surface area contributed by atoms with E-state index >= 15 is 0 Å². The summed E-state index contributed by atoms with van der Waals surface area (Å²) >= 11 is 0. The summed E-state index contributed by atoms with van der Waals surface area (Å²) < 4.78 is 22.0. The second kappa shape index (κ2) is 10.9. The average Bonchev–Trinajstić information content (AvgIpc) is 3.30. The SMILES string of the molecule is COc1cc(N2CCN(CCO)CC2)ccc1Nc1ncc(F)c(-c2cnc3ccccn23)n1.Cl. The van der Waals surface area contributed by atoms with Crippen molar-refractivity contribution in [3.05, 3.63) is 60.8 Å². The number of nitrogens with one attached hydrogen (secondary N) is 1. The first-order valence-electron chi connectivity index (χ1n) is 11.1. The summed E-state index contributed by atoms with van der Waals surface area (Å²) in [6, 6.07) is 11.5. The van der Waals surface area contributed by atoms with Crippen LogP contribution in [0.2, 0.25) is 0 Å². The number of hydrogen-bond acceptors (Lipinski definition) is 8. The van der Waals surface area contributed by atoms with Crippen LogP contribution in [0.3, 0.4) is 0 Å². The molecule has 4 heterocycles. The Kier molecular flexibility index (Phi) is 7.64. The molecule has 0 radical (unpaired) electrons. The van der Waals surface area contributed by atoms with Crippen LogP contribution in [-0.4, -0.2) is 75.8 Å². The first kappa shape index (κ1) is 24.6. The predicted molar refractivity (Wildman–Crippen MR) is 135 cm³/mol. The maximum absolute atomic E-state index is 14.6. The number of aliphatic hydroxyl groups excluding tert-OH is 1. The van der Waals surface area contributed by atoms with E-state index < -0.39 is 5.82 Å². The van der Waals surface area contributed by atoms with E-state index in [9.17, 15) is 4.39 Å². The summed E-state index contributed by atoms with van der Waals surface area (Å²) in [5.41, 5.74) is 3.14. The van der Waals surface area contributed by atoms with Gasteiger partial charge in [-0.3, -0.25) is 9.30 Å². The Labute approximate surface area is 208 Å². The monoisotopic (exact) mass is 499 g/mol. The maximum atomic E-state index is 14.6. The van der Waals surface area contributed by atoms with Gasteiger partial charge in [-0.2, -0.15) is 0 Å². The van der Waals surface area contributed by atoms with Crippen molar-refractivity contribution < 1.29 is 14.2 Å². The van der Waals surface area contributed by atoms with Crippen molar-refractivity contribution in [3.63, 3.8) is 0 Å². The number of fused-ring (bicyclic) bond motifs is 1. The van der Waals surface area contributed by atoms with Crippen molar-refractivity contribution in [2.45, 2.75) is 0 Å². The van der Waals surface area contributed by atoms with Crippen molar-refractivity contribution in [2.24, 2.45) is 0 Å². The standard InChI is InChI=1S/C24H26FN7O2.ClH/c1-34-21-14-17(31-10-8-30(9-11-31)12-13-33)5-6-19(21)28-24-27-15-18(25)23(29-24)20-16-26-22-4-2-3-7-32(20)22;/h2-7,14-16,33H,8-13H2,1H3,(H,27,28,29);1H. The van der Waals surface area contributed by atoms with Crippen LogP contribution in [0.15, 0.2) is 55.0 Å². The molecule has 1 aliphatic rings. The van der Waals surface area contributed by atoms with Gasteiger partial charge in [-0.25, -0.2) is 19.3 Å². The van der Waals surface area contributed by atoms with Gasteiger partial charge in [0.2, 0.25) is 5.95 Å². The van der Waals surface area contributed by atoms with E-state index in [0.717, 1.165) is 38.1 Å². The van der Waals surface area contributed by atoms with Gasteiger partial charge in [0, 0.05) is 50.7 Å². The van der Waals surface area contributed by atoms with Crippen LogP contribution in [0, 0.1) is 5.82 Å². The first-order valence-corrected chi connectivity index (χ1v) is 11.1. The van der Waals surface area contributed by atoms with Crippen molar-refractivity contribution >= 4 is 35.4 Å². The van der Waals surface area contributed by atoms with Gasteiger partial charge in [-0.15, -0.1) is 12.4 Å². The molecular formula is C24H27ClFN7O2. The molecule has 11 heteroatoms. The van der Waals surface area contributed by atoms with Crippen molar-refractivity contribution in [1.82, 2.24) is 24.3 Å². The lowest BCUT2D eigenvalue weighted by atomic mass is 10.2. The molecule has 0 atom stereocenters. The maximum Gasteiger partial charge on any atom is 0.228 e. The van der Waals surface area contributed by atoms with Crippen LogP contribution in [0.5, 0.6) is 5.75 Å². The van der Waals surface area contributed by atoms with Gasteiger partial charge in [-0.1, -0.05) is 6.07 Å². The van der Waals surface area contributed by atoms with Crippen LogP contribution in [0.1, 0.15) is 0 Å². The molecule has 1 saturated heterocycles. The number of aromatic nitrogens is 4. The summed E-state index contributed by atoms with van der Waals surface area (Å²) in [7, 11) is 1.61. The van der Waals surface area contributed by atoms with Crippen LogP contribution in [0.4, 0.5) is 21.7 Å². The molecule has 0 amide bonds. The smallest absolute Gasteiger partial charge is 0.228 e.